The average molecular weight is 996 g/mol. The van der Waals surface area contributed by atoms with Crippen LogP contribution < -0.4 is 10.2 Å². The van der Waals surface area contributed by atoms with E-state index in [-0.39, 0.29) is 28.4 Å². The SMILES string of the molecule is CC(=O)CCCCCNC(=O)CN(C)S(=O)(=O)c1ccc2c(c1)C(C)(C)C(/C=C/C=C/C=C/C=C1/N(CCCCS(=O)(=O)O)c3ccc(S(=O)(=O)O)cc3C1(C)C)=[N+]2CCCCS(=O)(=O)O. The molecule has 2 heterocycles. The highest BCUT2D eigenvalue weighted by Gasteiger charge is 2.45. The highest BCUT2D eigenvalue weighted by Crippen LogP contribution is 2.48. The number of unbranched alkanes of at least 4 members (excludes halogenated alkanes) is 4. The summed E-state index contributed by atoms with van der Waals surface area (Å²) >= 11 is 0. The molecule has 2 aromatic rings. The molecule has 2 aliphatic rings. The summed E-state index contributed by atoms with van der Waals surface area (Å²) in [7, 11) is -15.6. The average Bonchev–Trinajstić information content (AvgIpc) is 3.54. The number of ketones is 1. The predicted octanol–water partition coefficient (Wildman–Crippen LogP) is 5.88. The number of hydrogen-bond donors (Lipinski definition) is 4. The van der Waals surface area contributed by atoms with Gasteiger partial charge in [0.05, 0.1) is 33.3 Å². The molecule has 66 heavy (non-hydrogen) atoms. The van der Waals surface area contributed by atoms with Gasteiger partial charge in [0.2, 0.25) is 21.6 Å². The summed E-state index contributed by atoms with van der Waals surface area (Å²) in [5.74, 6) is -1.17. The molecule has 17 nitrogen and oxygen atoms in total. The molecule has 0 spiro atoms. The molecule has 1 amide bonds. The molecule has 0 aliphatic carbocycles. The fraction of sp³-hybridized carbons (Fsp3) is 0.489. The van der Waals surface area contributed by atoms with E-state index in [0.29, 0.717) is 62.1 Å². The second-order valence-electron chi connectivity index (χ2n) is 17.6. The Labute approximate surface area is 390 Å². The quantitative estimate of drug-likeness (QED) is 0.0392. The molecule has 4 rings (SSSR count). The van der Waals surface area contributed by atoms with Crippen LogP contribution in [0.15, 0.2) is 94.4 Å². The highest BCUT2D eigenvalue weighted by molar-refractivity contribution is 7.89. The van der Waals surface area contributed by atoms with Crippen LogP contribution in [0.5, 0.6) is 0 Å². The largest absolute Gasteiger partial charge is 0.355 e. The number of likely N-dealkylation sites (N-methyl/N-ethyl adjacent to an activating group) is 1. The summed E-state index contributed by atoms with van der Waals surface area (Å²) in [5, 5.41) is 2.74. The molecule has 0 fully saturated rings. The highest BCUT2D eigenvalue weighted by atomic mass is 32.2. The number of nitrogens with one attached hydrogen (secondary N) is 1. The Hall–Kier alpha value is -4.35. The first-order chi connectivity index (χ1) is 30.6. The van der Waals surface area contributed by atoms with Gasteiger partial charge >= 0.3 is 0 Å². The topological polar surface area (TPSA) is 253 Å². The fourth-order valence-electron chi connectivity index (χ4n) is 8.13. The fourth-order valence-corrected chi connectivity index (χ4v) is 10.9. The van der Waals surface area contributed by atoms with Gasteiger partial charge in [-0.15, -0.1) is 0 Å². The minimum Gasteiger partial charge on any atom is -0.355 e. The minimum absolute atomic E-state index is 0.00589. The lowest BCUT2D eigenvalue weighted by atomic mass is 9.81. The summed E-state index contributed by atoms with van der Waals surface area (Å²) in [5.41, 5.74) is 2.88. The summed E-state index contributed by atoms with van der Waals surface area (Å²) in [4.78, 5) is 25.5. The standard InChI is InChI=1S/C45H62N4O13S4/c1-34(50)19-11-10-14-26-46-43(51)33-47(6)65(58,59)35-22-24-39-37(31-35)44(2,3)41(48(39)27-15-17-29-63(52,53)54)20-12-8-7-9-13-21-42-45(4,5)38-32-36(66(60,61)62)23-25-40(38)49(42)28-16-18-30-64(55,56)57/h7-9,12-13,20-25,31-32H,10-11,14-19,26-30,33H2,1-6H3,(H3-,46,51,52,53,54,55,56,57,60,61,62)/p+1. The third kappa shape index (κ3) is 14.6. The van der Waals surface area contributed by atoms with Crippen LogP contribution in [0, 0.1) is 0 Å². The third-order valence-corrected chi connectivity index (χ3v) is 15.9. The van der Waals surface area contributed by atoms with Gasteiger partial charge in [-0.1, -0.05) is 50.6 Å². The van der Waals surface area contributed by atoms with Gasteiger partial charge in [-0.25, -0.2) is 8.42 Å². The Morgan fingerprint density at radius 2 is 1.33 bits per heavy atom. The first-order valence-electron chi connectivity index (χ1n) is 21.6. The van der Waals surface area contributed by atoms with Crippen LogP contribution in [-0.2, 0) is 60.8 Å². The molecule has 4 N–H and O–H groups in total. The number of rotatable bonds is 25. The van der Waals surface area contributed by atoms with E-state index in [1.54, 1.807) is 42.5 Å². The zero-order valence-corrected chi connectivity index (χ0v) is 41.6. The van der Waals surface area contributed by atoms with E-state index < -0.39 is 75.2 Å². The number of sulfonamides is 1. The first kappa shape index (κ1) is 54.3. The van der Waals surface area contributed by atoms with E-state index in [2.05, 4.69) is 5.32 Å². The summed E-state index contributed by atoms with van der Waals surface area (Å²) in [6.45, 7) is 9.92. The second kappa shape index (κ2) is 22.2. The molecule has 21 heteroatoms. The Kier molecular flexibility index (Phi) is 18.2. The van der Waals surface area contributed by atoms with Crippen molar-refractivity contribution in [2.45, 2.75) is 107 Å². The van der Waals surface area contributed by atoms with Crippen LogP contribution in [-0.4, -0.2) is 118 Å². The number of fused-ring (bicyclic) bond motifs is 2. The van der Waals surface area contributed by atoms with E-state index >= 15 is 0 Å². The monoisotopic (exact) mass is 995 g/mol. The van der Waals surface area contributed by atoms with Gasteiger partial charge in [-0.05, 0) is 94.8 Å². The molecule has 0 atom stereocenters. The van der Waals surface area contributed by atoms with Crippen molar-refractivity contribution in [1.29, 1.82) is 0 Å². The van der Waals surface area contributed by atoms with E-state index in [1.807, 2.05) is 55.4 Å². The number of hydrogen-bond acceptors (Lipinski definition) is 11. The lowest BCUT2D eigenvalue weighted by molar-refractivity contribution is -0.438. The smallest absolute Gasteiger partial charge is 0.294 e. The van der Waals surface area contributed by atoms with Gasteiger partial charge in [-0.3, -0.25) is 18.5 Å². The van der Waals surface area contributed by atoms with Crippen molar-refractivity contribution < 1.29 is 61.5 Å². The van der Waals surface area contributed by atoms with Crippen molar-refractivity contribution in [1.82, 2.24) is 9.62 Å². The molecular formula is C45H63N4O13S4+. The van der Waals surface area contributed by atoms with Gasteiger partial charge in [0.25, 0.3) is 30.4 Å². The van der Waals surface area contributed by atoms with Gasteiger partial charge in [0.15, 0.2) is 5.71 Å². The van der Waals surface area contributed by atoms with Crippen LogP contribution in [0.4, 0.5) is 11.4 Å². The molecule has 0 bridgehead atoms. The Morgan fingerprint density at radius 3 is 1.97 bits per heavy atom. The second-order valence-corrected chi connectivity index (χ2v) is 24.2. The van der Waals surface area contributed by atoms with E-state index in [1.165, 1.54) is 32.2 Å². The molecule has 0 unspecified atom stereocenters. The number of allylic oxidation sites excluding steroid dienone is 8. The molecule has 2 aliphatic heterocycles. The van der Waals surface area contributed by atoms with Crippen LogP contribution in [0.1, 0.15) is 97.1 Å². The zero-order chi connectivity index (χ0) is 49.3. The van der Waals surface area contributed by atoms with E-state index in [4.69, 9.17) is 0 Å². The number of amides is 1. The van der Waals surface area contributed by atoms with E-state index in [0.717, 1.165) is 34.2 Å². The van der Waals surface area contributed by atoms with Crippen molar-refractivity contribution in [3.8, 4) is 0 Å². The van der Waals surface area contributed by atoms with Crippen molar-refractivity contribution in [3.05, 3.63) is 95.8 Å². The lowest BCUT2D eigenvalue weighted by Gasteiger charge is -2.27. The summed E-state index contributed by atoms with van der Waals surface area (Å²) < 4.78 is 128. The van der Waals surface area contributed by atoms with Gasteiger partial charge in [0, 0.05) is 67.5 Å². The third-order valence-electron chi connectivity index (χ3n) is 11.6. The van der Waals surface area contributed by atoms with Crippen LogP contribution in [0.3, 0.4) is 0 Å². The molecule has 0 radical (unpaired) electrons. The number of carbonyl (C=O) groups is 2. The van der Waals surface area contributed by atoms with Gasteiger partial charge in [-0.2, -0.15) is 34.1 Å². The molecular weight excluding hydrogens is 933 g/mol. The number of carbonyl (C=O) groups excluding carboxylic acids is 2. The molecule has 0 saturated carbocycles. The van der Waals surface area contributed by atoms with Crippen molar-refractivity contribution in [2.24, 2.45) is 0 Å². The molecule has 364 valence electrons. The first-order valence-corrected chi connectivity index (χ1v) is 27.7. The lowest BCUT2D eigenvalue weighted by Crippen LogP contribution is -2.38. The summed E-state index contributed by atoms with van der Waals surface area (Å²) in [6.07, 6.45) is 16.5. The number of benzene rings is 2. The molecule has 0 saturated heterocycles. The minimum atomic E-state index is -4.48. The summed E-state index contributed by atoms with van der Waals surface area (Å²) in [6, 6.07) is 9.09. The van der Waals surface area contributed by atoms with Gasteiger partial charge < -0.3 is 15.0 Å². The maximum atomic E-state index is 13.8. The van der Waals surface area contributed by atoms with Crippen LogP contribution >= 0.6 is 0 Å². The van der Waals surface area contributed by atoms with Gasteiger partial charge in [0.1, 0.15) is 12.3 Å². The molecule has 0 aromatic heterocycles. The Bertz CT molecular complexity index is 2760. The predicted molar refractivity (Wildman–Crippen MR) is 255 cm³/mol. The number of nitrogens with zero attached hydrogens (tertiary/aromatic N) is 3. The van der Waals surface area contributed by atoms with E-state index in [9.17, 15) is 56.9 Å². The maximum Gasteiger partial charge on any atom is 0.294 e. The number of anilines is 1. The number of Topliss-reactive ketones (excluding diaryl/α,β-unsaturated/α-hetero) is 1. The normalized spacial score (nSPS) is 16.9. The molecule has 2 aromatic carbocycles. The zero-order valence-electron chi connectivity index (χ0n) is 38.3. The van der Waals surface area contributed by atoms with Crippen molar-refractivity contribution >= 4 is 69.2 Å². The Balaban J connectivity index is 1.56. The van der Waals surface area contributed by atoms with Crippen LogP contribution in [0.25, 0.3) is 0 Å². The van der Waals surface area contributed by atoms with Crippen molar-refractivity contribution in [2.75, 3.05) is 49.6 Å². The van der Waals surface area contributed by atoms with Crippen LogP contribution in [0.2, 0.25) is 0 Å². The maximum absolute atomic E-state index is 13.8. The Morgan fingerprint density at radius 1 is 0.727 bits per heavy atom. The van der Waals surface area contributed by atoms with Crippen molar-refractivity contribution in [3.63, 3.8) is 0 Å².